The molecule has 9 rings (SSSR count). The summed E-state index contributed by atoms with van der Waals surface area (Å²) in [5.41, 5.74) is 11.9. The van der Waals surface area contributed by atoms with Crippen molar-refractivity contribution in [2.24, 2.45) is 4.99 Å². The van der Waals surface area contributed by atoms with E-state index in [4.69, 9.17) is 19.9 Å². The van der Waals surface area contributed by atoms with E-state index >= 15 is 0 Å². The molecule has 54 heavy (non-hydrogen) atoms. The van der Waals surface area contributed by atoms with Gasteiger partial charge in [0.2, 0.25) is 0 Å². The Morgan fingerprint density at radius 2 is 0.815 bits per heavy atom. The second kappa shape index (κ2) is 14.9. The van der Waals surface area contributed by atoms with Crippen LogP contribution in [0, 0.1) is 0 Å². The zero-order valence-corrected chi connectivity index (χ0v) is 29.7. The Kier molecular flexibility index (Phi) is 9.06. The Labute approximate surface area is 315 Å². The summed E-state index contributed by atoms with van der Waals surface area (Å²) in [6.45, 7) is 0. The van der Waals surface area contributed by atoms with E-state index < -0.39 is 0 Å². The van der Waals surface area contributed by atoms with Gasteiger partial charge in [-0.25, -0.2) is 19.9 Å². The zero-order valence-electron chi connectivity index (χ0n) is 29.7. The zero-order chi connectivity index (χ0) is 36.1. The van der Waals surface area contributed by atoms with Crippen molar-refractivity contribution in [3.8, 4) is 45.3 Å². The summed E-state index contributed by atoms with van der Waals surface area (Å²) in [6, 6.07) is 63.0. The molecule has 0 amide bonds. The number of rotatable bonds is 7. The highest BCUT2D eigenvalue weighted by atomic mass is 15.0. The number of allylic oxidation sites excluding steroid dienone is 3. The Morgan fingerprint density at radius 1 is 0.352 bits per heavy atom. The van der Waals surface area contributed by atoms with E-state index in [0.29, 0.717) is 17.5 Å². The van der Waals surface area contributed by atoms with Crippen LogP contribution in [0.1, 0.15) is 29.5 Å². The van der Waals surface area contributed by atoms with Crippen LogP contribution in [-0.2, 0) is 0 Å². The van der Waals surface area contributed by atoms with E-state index in [9.17, 15) is 0 Å². The molecular formula is C50H36N4. The van der Waals surface area contributed by atoms with E-state index in [-0.39, 0.29) is 0 Å². The molecule has 0 N–H and O–H groups in total. The van der Waals surface area contributed by atoms with Crippen molar-refractivity contribution in [3.63, 3.8) is 0 Å². The van der Waals surface area contributed by atoms with Gasteiger partial charge in [-0.15, -0.1) is 0 Å². The highest BCUT2D eigenvalue weighted by molar-refractivity contribution is 6.14. The third-order valence-corrected chi connectivity index (χ3v) is 9.87. The first-order chi connectivity index (χ1) is 26.8. The SMILES string of the molecule is C1=C(c2ccccc2)N=C(c2ccccc2)/C=C(/c2ccc(-c3ccc(-c4nc(-c5ccccc5)nc(-c5ccccc5)n4)c4ccccc34)cc2)CC1. The molecule has 1 aromatic heterocycles. The summed E-state index contributed by atoms with van der Waals surface area (Å²) in [7, 11) is 0. The molecule has 0 fully saturated rings. The molecule has 0 radical (unpaired) electrons. The topological polar surface area (TPSA) is 51.0 Å². The van der Waals surface area contributed by atoms with Gasteiger partial charge >= 0.3 is 0 Å². The number of aliphatic imine (C=N–C) groups is 1. The number of aromatic nitrogens is 3. The molecule has 7 aromatic carbocycles. The number of benzene rings is 7. The van der Waals surface area contributed by atoms with Crippen LogP contribution in [0.15, 0.2) is 199 Å². The summed E-state index contributed by atoms with van der Waals surface area (Å²) < 4.78 is 0. The monoisotopic (exact) mass is 692 g/mol. The van der Waals surface area contributed by atoms with Gasteiger partial charge in [-0.1, -0.05) is 182 Å². The molecule has 0 saturated carbocycles. The minimum atomic E-state index is 0.650. The minimum Gasteiger partial charge on any atom is -0.248 e. The molecule has 1 aliphatic rings. The van der Waals surface area contributed by atoms with Gasteiger partial charge in [0.1, 0.15) is 0 Å². The lowest BCUT2D eigenvalue weighted by Crippen LogP contribution is -2.02. The Bertz CT molecular complexity index is 2610. The number of hydrogen-bond acceptors (Lipinski definition) is 4. The van der Waals surface area contributed by atoms with E-state index in [0.717, 1.165) is 74.0 Å². The van der Waals surface area contributed by atoms with Crippen LogP contribution in [0.4, 0.5) is 0 Å². The molecule has 0 atom stereocenters. The standard InChI is InChI=1S/C50H36N4/c1-5-16-37(17-6-1)46-27-15-24-41(34-47(51-46)38-18-7-2-8-19-38)35-28-30-36(31-29-35)42-32-33-45(44-26-14-13-25-43(42)44)50-53-48(39-20-9-3-10-21-39)52-49(54-50)40-22-11-4-12-23-40/h1-14,16-23,25-34H,15,24H2/b41-34+,46-27?,51-47?. The summed E-state index contributed by atoms with van der Waals surface area (Å²) in [5, 5.41) is 2.24. The van der Waals surface area contributed by atoms with Gasteiger partial charge in [0.15, 0.2) is 17.5 Å². The summed E-state index contributed by atoms with van der Waals surface area (Å²) in [6.07, 6.45) is 6.36. The first-order valence-corrected chi connectivity index (χ1v) is 18.4. The highest BCUT2D eigenvalue weighted by Crippen LogP contribution is 2.37. The quantitative estimate of drug-likeness (QED) is 0.167. The van der Waals surface area contributed by atoms with Crippen molar-refractivity contribution in [2.45, 2.75) is 12.8 Å². The first-order valence-electron chi connectivity index (χ1n) is 18.4. The van der Waals surface area contributed by atoms with E-state index in [1.165, 1.54) is 11.1 Å². The molecule has 0 saturated heterocycles. The Morgan fingerprint density at radius 3 is 1.41 bits per heavy atom. The molecule has 2 heterocycles. The van der Waals surface area contributed by atoms with Crippen molar-refractivity contribution in [1.82, 2.24) is 15.0 Å². The summed E-state index contributed by atoms with van der Waals surface area (Å²) in [5.74, 6) is 1.95. The molecule has 256 valence electrons. The van der Waals surface area contributed by atoms with Crippen LogP contribution in [-0.4, -0.2) is 20.7 Å². The maximum Gasteiger partial charge on any atom is 0.164 e. The van der Waals surface area contributed by atoms with Crippen molar-refractivity contribution >= 4 is 27.8 Å². The lowest BCUT2D eigenvalue weighted by atomic mass is 9.92. The maximum atomic E-state index is 5.22. The van der Waals surface area contributed by atoms with Crippen molar-refractivity contribution in [1.29, 1.82) is 0 Å². The second-order valence-electron chi connectivity index (χ2n) is 13.3. The van der Waals surface area contributed by atoms with Crippen LogP contribution in [0.25, 0.3) is 67.3 Å². The molecule has 8 aromatic rings. The second-order valence-corrected chi connectivity index (χ2v) is 13.3. The predicted molar refractivity (Wildman–Crippen MR) is 224 cm³/mol. The van der Waals surface area contributed by atoms with Crippen molar-refractivity contribution in [2.75, 3.05) is 0 Å². The summed E-state index contributed by atoms with van der Waals surface area (Å²) in [4.78, 5) is 20.2. The van der Waals surface area contributed by atoms with Crippen molar-refractivity contribution in [3.05, 3.63) is 211 Å². The predicted octanol–water partition coefficient (Wildman–Crippen LogP) is 12.4. The molecule has 4 heteroatoms. The normalized spacial score (nSPS) is 14.0. The maximum absolute atomic E-state index is 5.22. The highest BCUT2D eigenvalue weighted by Gasteiger charge is 2.17. The lowest BCUT2D eigenvalue weighted by molar-refractivity contribution is 1.06. The van der Waals surface area contributed by atoms with Gasteiger partial charge in [0, 0.05) is 22.3 Å². The molecule has 0 spiro atoms. The van der Waals surface area contributed by atoms with Gasteiger partial charge in [-0.3, -0.25) is 0 Å². The fourth-order valence-electron chi connectivity index (χ4n) is 7.12. The third-order valence-electron chi connectivity index (χ3n) is 9.87. The van der Waals surface area contributed by atoms with Gasteiger partial charge in [-0.05, 0) is 63.6 Å². The molecule has 0 unspecified atom stereocenters. The molecule has 0 aliphatic carbocycles. The van der Waals surface area contributed by atoms with Crippen LogP contribution in [0.5, 0.6) is 0 Å². The van der Waals surface area contributed by atoms with Crippen LogP contribution < -0.4 is 0 Å². The van der Waals surface area contributed by atoms with E-state index in [1.807, 2.05) is 66.7 Å². The van der Waals surface area contributed by atoms with Crippen LogP contribution >= 0.6 is 0 Å². The van der Waals surface area contributed by atoms with Gasteiger partial charge in [0.25, 0.3) is 0 Å². The number of nitrogens with zero attached hydrogens (tertiary/aromatic N) is 4. The van der Waals surface area contributed by atoms with Gasteiger partial charge in [0.05, 0.1) is 11.4 Å². The average molecular weight is 693 g/mol. The Hall–Kier alpha value is -7.04. The number of hydrogen-bond donors (Lipinski definition) is 0. The fourth-order valence-corrected chi connectivity index (χ4v) is 7.12. The van der Waals surface area contributed by atoms with Gasteiger partial charge in [-0.2, -0.15) is 0 Å². The largest absolute Gasteiger partial charge is 0.248 e. The third kappa shape index (κ3) is 6.81. The van der Waals surface area contributed by atoms with E-state index in [2.05, 4.69) is 127 Å². The smallest absolute Gasteiger partial charge is 0.164 e. The van der Waals surface area contributed by atoms with Crippen LogP contribution in [0.3, 0.4) is 0 Å². The average Bonchev–Trinajstić information content (AvgIpc) is 3.24. The molecule has 4 nitrogen and oxygen atoms in total. The molecule has 1 aliphatic heterocycles. The number of fused-ring (bicyclic) bond motifs is 1. The van der Waals surface area contributed by atoms with Gasteiger partial charge < -0.3 is 0 Å². The van der Waals surface area contributed by atoms with Crippen LogP contribution in [0.2, 0.25) is 0 Å². The Balaban J connectivity index is 1.09. The summed E-state index contributed by atoms with van der Waals surface area (Å²) >= 11 is 0. The van der Waals surface area contributed by atoms with E-state index in [1.54, 1.807) is 0 Å². The van der Waals surface area contributed by atoms with Crippen molar-refractivity contribution < 1.29 is 0 Å². The molecular weight excluding hydrogens is 657 g/mol. The minimum absolute atomic E-state index is 0.650. The molecule has 0 bridgehead atoms. The lowest BCUT2D eigenvalue weighted by Gasteiger charge is -2.15. The fraction of sp³-hybridized carbons (Fsp3) is 0.0400. The first kappa shape index (κ1) is 32.8.